The van der Waals surface area contributed by atoms with Gasteiger partial charge in [0, 0.05) is 20.2 Å². The first-order chi connectivity index (χ1) is 11.1. The number of hydrogen-bond acceptors (Lipinski definition) is 6. The summed E-state index contributed by atoms with van der Waals surface area (Å²) >= 11 is 0. The summed E-state index contributed by atoms with van der Waals surface area (Å²) < 4.78 is 7.77. The van der Waals surface area contributed by atoms with E-state index >= 15 is 0 Å². The Morgan fingerprint density at radius 3 is 2.78 bits per heavy atom. The number of aryl methyl sites for hydroxylation is 2. The molecule has 0 saturated carbocycles. The van der Waals surface area contributed by atoms with Gasteiger partial charge in [0.15, 0.2) is 5.82 Å². The van der Waals surface area contributed by atoms with Crippen LogP contribution in [-0.2, 0) is 17.8 Å². The van der Waals surface area contributed by atoms with Crippen molar-refractivity contribution in [1.29, 1.82) is 0 Å². The Labute approximate surface area is 136 Å². The maximum absolute atomic E-state index is 5.57. The Balaban J connectivity index is 1.82. The van der Waals surface area contributed by atoms with E-state index in [9.17, 15) is 0 Å². The molecule has 2 aromatic heterocycles. The van der Waals surface area contributed by atoms with Crippen LogP contribution in [0.3, 0.4) is 0 Å². The van der Waals surface area contributed by atoms with Crippen LogP contribution in [0.4, 0.5) is 0 Å². The fraction of sp³-hybridized carbons (Fsp3) is 0.733. The van der Waals surface area contributed by atoms with E-state index in [4.69, 9.17) is 4.74 Å². The van der Waals surface area contributed by atoms with Crippen LogP contribution in [0.2, 0.25) is 0 Å². The lowest BCUT2D eigenvalue weighted by atomic mass is 10.2. The predicted octanol–water partition coefficient (Wildman–Crippen LogP) is 1.39. The molecule has 23 heavy (non-hydrogen) atoms. The molecule has 0 aliphatic carbocycles. The van der Waals surface area contributed by atoms with Crippen LogP contribution in [0.1, 0.15) is 49.1 Å². The summed E-state index contributed by atoms with van der Waals surface area (Å²) in [6.45, 7) is 8.63. The first kappa shape index (κ1) is 16.1. The Bertz CT molecular complexity index is 650. The number of aromatic nitrogens is 6. The van der Waals surface area contributed by atoms with Gasteiger partial charge in [0.2, 0.25) is 0 Å². The van der Waals surface area contributed by atoms with Crippen molar-refractivity contribution < 1.29 is 4.74 Å². The van der Waals surface area contributed by atoms with Gasteiger partial charge in [-0.25, -0.2) is 4.98 Å². The maximum atomic E-state index is 5.57. The van der Waals surface area contributed by atoms with Gasteiger partial charge in [-0.2, -0.15) is 5.10 Å². The molecule has 126 valence electrons. The largest absolute Gasteiger partial charge is 0.380 e. The fourth-order valence-electron chi connectivity index (χ4n) is 3.22. The average molecular weight is 319 g/mol. The van der Waals surface area contributed by atoms with E-state index in [1.165, 1.54) is 0 Å². The van der Waals surface area contributed by atoms with Crippen molar-refractivity contribution in [1.82, 2.24) is 34.8 Å². The average Bonchev–Trinajstić information content (AvgIpc) is 3.22. The first-order valence-corrected chi connectivity index (χ1v) is 8.16. The SMILES string of the molecule is CCCn1c(C)nnc1CN1C[C@H](OC)C[C@H]1c1n[nH]c(C)n1. The molecule has 0 bridgehead atoms. The number of methoxy groups -OCH3 is 1. The monoisotopic (exact) mass is 319 g/mol. The smallest absolute Gasteiger partial charge is 0.167 e. The summed E-state index contributed by atoms with van der Waals surface area (Å²) in [7, 11) is 1.76. The number of ether oxygens (including phenoxy) is 1. The third kappa shape index (κ3) is 3.28. The summed E-state index contributed by atoms with van der Waals surface area (Å²) in [5.74, 6) is 3.64. The third-order valence-corrected chi connectivity index (χ3v) is 4.42. The van der Waals surface area contributed by atoms with Crippen LogP contribution in [0, 0.1) is 13.8 Å². The van der Waals surface area contributed by atoms with Gasteiger partial charge >= 0.3 is 0 Å². The van der Waals surface area contributed by atoms with Gasteiger partial charge in [-0.05, 0) is 26.7 Å². The van der Waals surface area contributed by atoms with Crippen LogP contribution < -0.4 is 0 Å². The lowest BCUT2D eigenvalue weighted by Crippen LogP contribution is -2.27. The van der Waals surface area contributed by atoms with E-state index in [1.807, 2.05) is 13.8 Å². The minimum absolute atomic E-state index is 0.150. The second kappa shape index (κ2) is 6.76. The fourth-order valence-corrected chi connectivity index (χ4v) is 3.22. The molecule has 0 aromatic carbocycles. The van der Waals surface area contributed by atoms with Crippen LogP contribution in [0.25, 0.3) is 0 Å². The molecule has 1 fully saturated rings. The quantitative estimate of drug-likeness (QED) is 0.866. The molecule has 0 amide bonds. The molecule has 3 rings (SSSR count). The topological polar surface area (TPSA) is 84.8 Å². The standard InChI is InChI=1S/C15H25N7O/c1-5-6-22-11(3)18-19-14(22)9-21-8-12(23-4)7-13(21)15-16-10(2)17-20-15/h12-13H,5-9H2,1-4H3,(H,16,17,20)/t12-,13+/m1/s1. The number of nitrogens with zero attached hydrogens (tertiary/aromatic N) is 6. The summed E-state index contributed by atoms with van der Waals surface area (Å²) in [5.41, 5.74) is 0. The number of rotatable bonds is 6. The summed E-state index contributed by atoms with van der Waals surface area (Å²) in [6.07, 6.45) is 2.16. The molecule has 2 aromatic rings. The molecule has 1 aliphatic rings. The minimum atomic E-state index is 0.150. The molecule has 1 aliphatic heterocycles. The van der Waals surface area contributed by atoms with Gasteiger partial charge < -0.3 is 9.30 Å². The van der Waals surface area contributed by atoms with E-state index in [0.29, 0.717) is 0 Å². The van der Waals surface area contributed by atoms with Crippen LogP contribution in [0.15, 0.2) is 0 Å². The summed E-state index contributed by atoms with van der Waals surface area (Å²) in [6, 6.07) is 0.150. The maximum Gasteiger partial charge on any atom is 0.167 e. The highest BCUT2D eigenvalue weighted by molar-refractivity contribution is 5.04. The molecule has 1 N–H and O–H groups in total. The minimum Gasteiger partial charge on any atom is -0.380 e. The van der Waals surface area contributed by atoms with Crippen molar-refractivity contribution in [2.24, 2.45) is 0 Å². The Hall–Kier alpha value is -1.80. The Morgan fingerprint density at radius 1 is 1.30 bits per heavy atom. The van der Waals surface area contributed by atoms with Crippen molar-refractivity contribution in [3.8, 4) is 0 Å². The van der Waals surface area contributed by atoms with Crippen LogP contribution in [-0.4, -0.2) is 54.6 Å². The summed E-state index contributed by atoms with van der Waals surface area (Å²) in [4.78, 5) is 6.85. The van der Waals surface area contributed by atoms with Crippen molar-refractivity contribution in [3.63, 3.8) is 0 Å². The highest BCUT2D eigenvalue weighted by atomic mass is 16.5. The van der Waals surface area contributed by atoms with Gasteiger partial charge in [0.05, 0.1) is 18.7 Å². The van der Waals surface area contributed by atoms with Gasteiger partial charge in [-0.15, -0.1) is 10.2 Å². The molecule has 1 saturated heterocycles. The van der Waals surface area contributed by atoms with Crippen molar-refractivity contribution >= 4 is 0 Å². The molecular weight excluding hydrogens is 294 g/mol. The molecule has 0 radical (unpaired) electrons. The zero-order valence-corrected chi connectivity index (χ0v) is 14.3. The van der Waals surface area contributed by atoms with Gasteiger partial charge in [-0.1, -0.05) is 6.92 Å². The van der Waals surface area contributed by atoms with E-state index in [1.54, 1.807) is 7.11 Å². The lowest BCUT2D eigenvalue weighted by Gasteiger charge is -2.21. The first-order valence-electron chi connectivity index (χ1n) is 8.16. The zero-order chi connectivity index (χ0) is 16.4. The van der Waals surface area contributed by atoms with E-state index in [2.05, 4.69) is 41.8 Å². The second-order valence-corrected chi connectivity index (χ2v) is 6.13. The molecule has 3 heterocycles. The number of hydrogen-bond donors (Lipinski definition) is 1. The number of aromatic amines is 1. The predicted molar refractivity (Wildman–Crippen MR) is 84.7 cm³/mol. The van der Waals surface area contributed by atoms with Crippen molar-refractivity contribution in [3.05, 3.63) is 23.3 Å². The summed E-state index contributed by atoms with van der Waals surface area (Å²) in [5, 5.41) is 15.9. The lowest BCUT2D eigenvalue weighted by molar-refractivity contribution is 0.106. The molecule has 2 atom stereocenters. The van der Waals surface area contributed by atoms with E-state index < -0.39 is 0 Å². The van der Waals surface area contributed by atoms with Crippen molar-refractivity contribution in [2.45, 2.75) is 58.8 Å². The highest BCUT2D eigenvalue weighted by Crippen LogP contribution is 2.32. The van der Waals surface area contributed by atoms with Crippen LogP contribution >= 0.6 is 0 Å². The van der Waals surface area contributed by atoms with Gasteiger partial charge in [-0.3, -0.25) is 10.00 Å². The second-order valence-electron chi connectivity index (χ2n) is 6.13. The van der Waals surface area contributed by atoms with Crippen molar-refractivity contribution in [2.75, 3.05) is 13.7 Å². The van der Waals surface area contributed by atoms with Crippen LogP contribution in [0.5, 0.6) is 0 Å². The highest BCUT2D eigenvalue weighted by Gasteiger charge is 2.36. The molecule has 0 unspecified atom stereocenters. The third-order valence-electron chi connectivity index (χ3n) is 4.42. The Kier molecular flexibility index (Phi) is 4.72. The van der Waals surface area contributed by atoms with Gasteiger partial charge in [0.1, 0.15) is 17.5 Å². The molecule has 0 spiro atoms. The number of H-pyrrole nitrogens is 1. The van der Waals surface area contributed by atoms with Gasteiger partial charge in [0.25, 0.3) is 0 Å². The van der Waals surface area contributed by atoms with E-state index in [-0.39, 0.29) is 12.1 Å². The molecular formula is C15H25N7O. The number of nitrogens with one attached hydrogen (secondary N) is 1. The Morgan fingerprint density at radius 2 is 2.13 bits per heavy atom. The van der Waals surface area contributed by atoms with E-state index in [0.717, 1.165) is 55.8 Å². The molecule has 8 heteroatoms. The number of likely N-dealkylation sites (tertiary alicyclic amines) is 1. The molecule has 8 nitrogen and oxygen atoms in total. The normalized spacial score (nSPS) is 22.1. The zero-order valence-electron chi connectivity index (χ0n) is 14.3.